The lowest BCUT2D eigenvalue weighted by atomic mass is 10.0. The highest BCUT2D eigenvalue weighted by molar-refractivity contribution is 5.99. The van der Waals surface area contributed by atoms with Crippen LogP contribution in [0.2, 0.25) is 0 Å². The van der Waals surface area contributed by atoms with E-state index in [4.69, 9.17) is 0 Å². The van der Waals surface area contributed by atoms with Crippen LogP contribution in [0.25, 0.3) is 22.0 Å². The minimum Gasteiger partial charge on any atom is -0.349 e. The zero-order valence-electron chi connectivity index (χ0n) is 28.3. The quantitative estimate of drug-likeness (QED) is 0.160. The first kappa shape index (κ1) is 40.9. The summed E-state index contributed by atoms with van der Waals surface area (Å²) < 4.78 is 38.6. The van der Waals surface area contributed by atoms with Gasteiger partial charge in [-0.25, -0.2) is 0 Å². The van der Waals surface area contributed by atoms with Gasteiger partial charge in [-0.05, 0) is 52.9 Å². The van der Waals surface area contributed by atoms with Crippen molar-refractivity contribution in [1.82, 2.24) is 20.1 Å². The topological polar surface area (TPSA) is 62.2 Å². The van der Waals surface area contributed by atoms with Crippen LogP contribution in [0, 0.1) is 0 Å². The molecular formula is C36H50F3N5O. The second-order valence-corrected chi connectivity index (χ2v) is 9.34. The molecule has 1 fully saturated rings. The van der Waals surface area contributed by atoms with E-state index in [2.05, 4.69) is 45.5 Å². The number of hydrogen-bond donors (Lipinski definition) is 0. The van der Waals surface area contributed by atoms with Crippen molar-refractivity contribution in [3.63, 3.8) is 0 Å². The number of likely N-dealkylation sites (N-methyl/N-ethyl adjacent to an activating group) is 1. The summed E-state index contributed by atoms with van der Waals surface area (Å²) in [6, 6.07) is 7.12. The molecule has 0 spiro atoms. The van der Waals surface area contributed by atoms with Gasteiger partial charge in [-0.3, -0.25) is 9.78 Å². The van der Waals surface area contributed by atoms with Gasteiger partial charge in [-0.2, -0.15) is 13.2 Å². The summed E-state index contributed by atoms with van der Waals surface area (Å²) in [5.41, 5.74) is 1.19. The number of hydrogen-bond acceptors (Lipinski definition) is 6. The van der Waals surface area contributed by atoms with Crippen molar-refractivity contribution in [1.29, 1.82) is 0 Å². The van der Waals surface area contributed by atoms with Crippen molar-refractivity contribution in [2.45, 2.75) is 67.6 Å². The Labute approximate surface area is 268 Å². The number of carbonyl (C=O) groups excluding carboxylic acids is 1. The Bertz CT molecular complexity index is 1370. The molecule has 0 unspecified atom stereocenters. The number of rotatable bonds is 5. The highest BCUT2D eigenvalue weighted by atomic mass is 19.4. The summed E-state index contributed by atoms with van der Waals surface area (Å²) in [6.07, 6.45) is 10.8. The van der Waals surface area contributed by atoms with Crippen LogP contribution in [-0.4, -0.2) is 59.1 Å². The van der Waals surface area contributed by atoms with E-state index < -0.39 is 11.7 Å². The third kappa shape index (κ3) is 13.2. The van der Waals surface area contributed by atoms with E-state index in [1.807, 2.05) is 72.8 Å². The molecule has 3 aromatic rings. The zero-order chi connectivity index (χ0) is 34.4. The molecule has 246 valence electrons. The van der Waals surface area contributed by atoms with Crippen molar-refractivity contribution in [3.05, 3.63) is 96.9 Å². The van der Waals surface area contributed by atoms with Gasteiger partial charge in [0.1, 0.15) is 12.0 Å². The van der Waals surface area contributed by atoms with Gasteiger partial charge in [0, 0.05) is 60.0 Å². The molecule has 0 aliphatic carbocycles. The molecule has 2 aromatic heterocycles. The Hall–Kier alpha value is -4.11. The predicted octanol–water partition coefficient (Wildman–Crippen LogP) is 9.36. The van der Waals surface area contributed by atoms with E-state index in [9.17, 15) is 18.0 Å². The summed E-state index contributed by atoms with van der Waals surface area (Å²) in [6.45, 7) is 22.0. The molecule has 1 aromatic carbocycles. The van der Waals surface area contributed by atoms with Gasteiger partial charge >= 0.3 is 6.18 Å². The number of allylic oxidation sites excluding steroid dienone is 7. The summed E-state index contributed by atoms with van der Waals surface area (Å²) in [5.74, 6) is 0.763. The molecule has 0 amide bonds. The van der Waals surface area contributed by atoms with Gasteiger partial charge in [0.15, 0.2) is 5.82 Å². The maximum absolute atomic E-state index is 12.9. The van der Waals surface area contributed by atoms with E-state index in [-0.39, 0.29) is 6.04 Å². The number of nitrogens with zero attached hydrogens (tertiary/aromatic N) is 5. The molecule has 3 heterocycles. The van der Waals surface area contributed by atoms with Crippen LogP contribution in [0.15, 0.2) is 91.3 Å². The first-order valence-electron chi connectivity index (χ1n) is 15.3. The SMILES string of the molecule is C/C=C\C(C=O)=C/C.C=C/C=C\C.CC.CC.C[C@@H]1CN(C)CCN1c1nnc(-c2ccc(C(F)(F)F)cc2)c2ccncc12. The molecule has 9 heteroatoms. The Morgan fingerprint density at radius 2 is 1.60 bits per heavy atom. The number of fused-ring (bicyclic) bond motifs is 1. The summed E-state index contributed by atoms with van der Waals surface area (Å²) in [5, 5.41) is 10.5. The molecule has 0 radical (unpaired) electrons. The Balaban J connectivity index is 0.000000950. The average Bonchev–Trinajstić information content (AvgIpc) is 3.06. The van der Waals surface area contributed by atoms with Crippen LogP contribution >= 0.6 is 0 Å². The van der Waals surface area contributed by atoms with Gasteiger partial charge in [0.2, 0.25) is 0 Å². The number of alkyl halides is 3. The Morgan fingerprint density at radius 3 is 2.04 bits per heavy atom. The fraction of sp³-hybridized carbons (Fsp3) is 0.389. The Morgan fingerprint density at radius 1 is 0.956 bits per heavy atom. The van der Waals surface area contributed by atoms with Gasteiger partial charge in [-0.15, -0.1) is 10.2 Å². The van der Waals surface area contributed by atoms with Crippen LogP contribution in [0.4, 0.5) is 19.0 Å². The van der Waals surface area contributed by atoms with E-state index in [1.54, 1.807) is 30.6 Å². The van der Waals surface area contributed by atoms with Crippen molar-refractivity contribution >= 4 is 22.9 Å². The third-order valence-electron chi connectivity index (χ3n) is 6.31. The second-order valence-electron chi connectivity index (χ2n) is 9.34. The Kier molecular flexibility index (Phi) is 20.4. The largest absolute Gasteiger partial charge is 0.416 e. The lowest BCUT2D eigenvalue weighted by molar-refractivity contribution is -0.137. The molecule has 1 aliphatic rings. The van der Waals surface area contributed by atoms with E-state index in [0.29, 0.717) is 11.3 Å². The third-order valence-corrected chi connectivity index (χ3v) is 6.31. The van der Waals surface area contributed by atoms with Crippen LogP contribution < -0.4 is 4.90 Å². The number of halogens is 3. The molecule has 1 aliphatic heterocycles. The van der Waals surface area contributed by atoms with E-state index >= 15 is 0 Å². The van der Waals surface area contributed by atoms with E-state index in [1.165, 1.54) is 12.1 Å². The zero-order valence-corrected chi connectivity index (χ0v) is 28.3. The molecule has 45 heavy (non-hydrogen) atoms. The molecule has 0 bridgehead atoms. The second kappa shape index (κ2) is 22.4. The number of pyridine rings is 1. The molecule has 1 saturated heterocycles. The van der Waals surface area contributed by atoms with Crippen LogP contribution in [0.5, 0.6) is 0 Å². The van der Waals surface area contributed by atoms with Crippen molar-refractivity contribution in [3.8, 4) is 11.3 Å². The number of aldehydes is 1. The normalized spacial score (nSPS) is 15.1. The smallest absolute Gasteiger partial charge is 0.349 e. The predicted molar refractivity (Wildman–Crippen MR) is 184 cm³/mol. The number of benzene rings is 1. The molecular weight excluding hydrogens is 575 g/mol. The number of aromatic nitrogens is 3. The van der Waals surface area contributed by atoms with E-state index in [0.717, 1.165) is 60.2 Å². The van der Waals surface area contributed by atoms with Gasteiger partial charge in [-0.1, -0.05) is 82.9 Å². The standard InChI is InChI=1S/C20H20F3N5.C7H10O.C5H8.2C2H6/c1-13-12-27(2)9-10-28(13)19-17-11-24-8-7-16(17)18(25-26-19)14-3-5-15(6-4-14)20(21,22)23;1-3-5-7(4-2)6-8;1-3-5-4-2;2*1-2/h3-8,11,13H,9-10,12H2,1-2H3;3-6H,1-2H3;3-5H,1H2,2H3;2*1-2H3/b;5-3-,7-4+;5-4-;;/t13-;;;;/m1..../s1. The number of anilines is 1. The van der Waals surface area contributed by atoms with Gasteiger partial charge in [0.25, 0.3) is 0 Å². The maximum Gasteiger partial charge on any atom is 0.416 e. The van der Waals surface area contributed by atoms with Crippen molar-refractivity contribution < 1.29 is 18.0 Å². The maximum atomic E-state index is 12.9. The minimum atomic E-state index is -4.36. The van der Waals surface area contributed by atoms with Gasteiger partial charge in [0.05, 0.1) is 5.56 Å². The molecule has 0 N–H and O–H groups in total. The first-order valence-corrected chi connectivity index (χ1v) is 15.3. The first-order chi connectivity index (χ1) is 21.6. The highest BCUT2D eigenvalue weighted by Gasteiger charge is 2.30. The van der Waals surface area contributed by atoms with Crippen molar-refractivity contribution in [2.75, 3.05) is 31.6 Å². The van der Waals surface area contributed by atoms with Crippen LogP contribution in [0.1, 0.15) is 61.0 Å². The molecule has 0 saturated carbocycles. The monoisotopic (exact) mass is 625 g/mol. The van der Waals surface area contributed by atoms with Crippen LogP contribution in [0.3, 0.4) is 0 Å². The fourth-order valence-electron chi connectivity index (χ4n) is 4.21. The van der Waals surface area contributed by atoms with Gasteiger partial charge < -0.3 is 9.80 Å². The number of carbonyl (C=O) groups is 1. The van der Waals surface area contributed by atoms with Crippen molar-refractivity contribution in [2.24, 2.45) is 0 Å². The summed E-state index contributed by atoms with van der Waals surface area (Å²) in [7, 11) is 2.09. The lowest BCUT2D eigenvalue weighted by Crippen LogP contribution is -2.51. The molecule has 4 rings (SSSR count). The summed E-state index contributed by atoms with van der Waals surface area (Å²) >= 11 is 0. The number of piperazine rings is 1. The summed E-state index contributed by atoms with van der Waals surface area (Å²) in [4.78, 5) is 18.7. The molecule has 6 nitrogen and oxygen atoms in total. The van der Waals surface area contributed by atoms with Crippen LogP contribution in [-0.2, 0) is 11.0 Å². The average molecular weight is 626 g/mol. The fourth-order valence-corrected chi connectivity index (χ4v) is 4.21. The minimum absolute atomic E-state index is 0.272. The highest BCUT2D eigenvalue weighted by Crippen LogP contribution is 2.34. The molecule has 1 atom stereocenters. The lowest BCUT2D eigenvalue weighted by Gasteiger charge is -2.39.